The van der Waals surface area contributed by atoms with Gasteiger partial charge in [-0.3, -0.25) is 0 Å². The van der Waals surface area contributed by atoms with Crippen LogP contribution in [0, 0.1) is 0 Å². The van der Waals surface area contributed by atoms with E-state index in [1.807, 2.05) is 0 Å². The largest absolute Gasteiger partial charge is 0.430 e. The molecule has 0 bridgehead atoms. The maximum atomic E-state index is 12.3. The van der Waals surface area contributed by atoms with Crippen LogP contribution in [-0.2, 0) is 15.5 Å². The molecule has 1 saturated heterocycles. The first-order valence-electron chi connectivity index (χ1n) is 6.65. The van der Waals surface area contributed by atoms with E-state index in [2.05, 4.69) is 18.8 Å². The van der Waals surface area contributed by atoms with Crippen molar-refractivity contribution in [1.82, 2.24) is 4.98 Å². The summed E-state index contributed by atoms with van der Waals surface area (Å²) in [6.07, 6.45) is 1.91. The van der Waals surface area contributed by atoms with Gasteiger partial charge in [-0.05, 0) is 38.8 Å². The number of rotatable bonds is 3. The molecular weight excluding hydrogens is 276 g/mol. The Morgan fingerprint density at radius 2 is 2.30 bits per heavy atom. The molecule has 5 nitrogen and oxygen atoms in total. The smallest absolute Gasteiger partial charge is 0.288 e. The van der Waals surface area contributed by atoms with E-state index in [4.69, 9.17) is 14.9 Å². The highest BCUT2D eigenvalue weighted by Gasteiger charge is 2.33. The van der Waals surface area contributed by atoms with Crippen LogP contribution >= 0.6 is 0 Å². The topological polar surface area (TPSA) is 78.4 Å². The minimum atomic E-state index is -1.29. The standard InChI is InChI=1S/C14H18N2O3S/c1-14(2)6-5-10(19-14)8-20(17)13-16-11-4-3-9(15)7-12(11)18-13/h3-4,7,10H,5-6,8,15H2,1-2H3. The summed E-state index contributed by atoms with van der Waals surface area (Å²) in [6.45, 7) is 4.11. The first kappa shape index (κ1) is 13.6. The van der Waals surface area contributed by atoms with E-state index in [0.29, 0.717) is 22.5 Å². The van der Waals surface area contributed by atoms with Gasteiger partial charge < -0.3 is 14.9 Å². The quantitative estimate of drug-likeness (QED) is 0.880. The number of nitrogen functional groups attached to an aromatic ring is 1. The number of anilines is 1. The molecule has 0 radical (unpaired) electrons. The lowest BCUT2D eigenvalue weighted by Gasteiger charge is -2.18. The van der Waals surface area contributed by atoms with Crippen molar-refractivity contribution in [3.8, 4) is 0 Å². The summed E-state index contributed by atoms with van der Waals surface area (Å²) in [7, 11) is -1.29. The Hall–Kier alpha value is -1.40. The van der Waals surface area contributed by atoms with Gasteiger partial charge in [0, 0.05) is 11.8 Å². The van der Waals surface area contributed by atoms with Crippen LogP contribution in [0.1, 0.15) is 26.7 Å². The first-order valence-corrected chi connectivity index (χ1v) is 7.97. The average Bonchev–Trinajstić information content (AvgIpc) is 2.92. The van der Waals surface area contributed by atoms with Crippen molar-refractivity contribution < 1.29 is 13.4 Å². The van der Waals surface area contributed by atoms with Crippen LogP contribution in [0.5, 0.6) is 0 Å². The van der Waals surface area contributed by atoms with E-state index < -0.39 is 10.8 Å². The van der Waals surface area contributed by atoms with Crippen LogP contribution in [0.3, 0.4) is 0 Å². The van der Waals surface area contributed by atoms with E-state index in [1.54, 1.807) is 18.2 Å². The molecule has 3 rings (SSSR count). The molecule has 0 spiro atoms. The van der Waals surface area contributed by atoms with Crippen molar-refractivity contribution in [1.29, 1.82) is 0 Å². The number of nitrogens with two attached hydrogens (primary N) is 1. The average molecular weight is 294 g/mol. The highest BCUT2D eigenvalue weighted by atomic mass is 32.2. The lowest BCUT2D eigenvalue weighted by molar-refractivity contribution is -0.00506. The van der Waals surface area contributed by atoms with E-state index in [-0.39, 0.29) is 16.9 Å². The van der Waals surface area contributed by atoms with E-state index in [1.165, 1.54) is 0 Å². The van der Waals surface area contributed by atoms with Gasteiger partial charge in [0.05, 0.1) is 17.5 Å². The number of hydrogen-bond donors (Lipinski definition) is 1. The fourth-order valence-corrected chi connectivity index (χ4v) is 3.55. The second-order valence-corrected chi connectivity index (χ2v) is 7.13. The fraction of sp³-hybridized carbons (Fsp3) is 0.500. The van der Waals surface area contributed by atoms with E-state index in [9.17, 15) is 4.21 Å². The third-order valence-corrected chi connectivity index (χ3v) is 4.72. The number of benzene rings is 1. The zero-order chi connectivity index (χ0) is 14.3. The molecule has 2 unspecified atom stereocenters. The maximum absolute atomic E-state index is 12.3. The van der Waals surface area contributed by atoms with Crippen LogP contribution in [0.15, 0.2) is 27.8 Å². The number of ether oxygens (including phenoxy) is 1. The Bertz CT molecular complexity index is 665. The van der Waals surface area contributed by atoms with Gasteiger partial charge in [0.1, 0.15) is 16.3 Å². The van der Waals surface area contributed by atoms with Gasteiger partial charge in [-0.2, -0.15) is 0 Å². The molecule has 2 N–H and O–H groups in total. The number of aromatic nitrogens is 1. The van der Waals surface area contributed by atoms with Crippen LogP contribution in [0.4, 0.5) is 5.69 Å². The minimum Gasteiger partial charge on any atom is -0.430 e. The summed E-state index contributed by atoms with van der Waals surface area (Å²) >= 11 is 0. The SMILES string of the molecule is CC1(C)CCC(CS(=O)c2nc3ccc(N)cc3o2)O1. The van der Waals surface area contributed by atoms with Crippen LogP contribution < -0.4 is 5.73 Å². The highest BCUT2D eigenvalue weighted by Crippen LogP contribution is 2.30. The number of fused-ring (bicyclic) bond motifs is 1. The Morgan fingerprint density at radius 1 is 1.50 bits per heavy atom. The van der Waals surface area contributed by atoms with Crippen molar-refractivity contribution >= 4 is 27.6 Å². The summed E-state index contributed by atoms with van der Waals surface area (Å²) < 4.78 is 23.7. The first-order chi connectivity index (χ1) is 9.43. The molecule has 1 aliphatic rings. The Balaban J connectivity index is 1.76. The van der Waals surface area contributed by atoms with Crippen molar-refractivity contribution in [2.75, 3.05) is 11.5 Å². The summed E-state index contributed by atoms with van der Waals surface area (Å²) in [6, 6.07) is 5.21. The minimum absolute atomic E-state index is 0.00548. The van der Waals surface area contributed by atoms with Gasteiger partial charge in [-0.1, -0.05) is 0 Å². The predicted octanol–water partition coefficient (Wildman–Crippen LogP) is 2.48. The molecule has 0 aliphatic carbocycles. The molecule has 2 aromatic rings. The van der Waals surface area contributed by atoms with Crippen molar-refractivity contribution in [2.45, 2.75) is 43.6 Å². The van der Waals surface area contributed by atoms with Gasteiger partial charge in [-0.15, -0.1) is 0 Å². The number of nitrogens with zero attached hydrogens (tertiary/aromatic N) is 1. The van der Waals surface area contributed by atoms with Crippen molar-refractivity contribution in [3.05, 3.63) is 18.2 Å². The van der Waals surface area contributed by atoms with Gasteiger partial charge in [0.2, 0.25) is 0 Å². The van der Waals surface area contributed by atoms with Crippen LogP contribution in [-0.4, -0.2) is 26.7 Å². The van der Waals surface area contributed by atoms with Gasteiger partial charge in [0.25, 0.3) is 5.22 Å². The second kappa shape index (κ2) is 4.86. The molecule has 1 aliphatic heterocycles. The van der Waals surface area contributed by atoms with Gasteiger partial charge in [0.15, 0.2) is 5.58 Å². The number of hydrogen-bond acceptors (Lipinski definition) is 5. The van der Waals surface area contributed by atoms with E-state index >= 15 is 0 Å². The molecule has 2 heterocycles. The van der Waals surface area contributed by atoms with Gasteiger partial charge >= 0.3 is 0 Å². The zero-order valence-corrected chi connectivity index (χ0v) is 12.4. The Labute approximate surface area is 120 Å². The second-order valence-electron chi connectivity index (χ2n) is 5.76. The monoisotopic (exact) mass is 294 g/mol. The summed E-state index contributed by atoms with van der Waals surface area (Å²) in [5.41, 5.74) is 7.42. The molecule has 0 saturated carbocycles. The molecular formula is C14H18N2O3S. The lowest BCUT2D eigenvalue weighted by atomic mass is 10.1. The van der Waals surface area contributed by atoms with Crippen molar-refractivity contribution in [2.24, 2.45) is 0 Å². The molecule has 1 aromatic carbocycles. The van der Waals surface area contributed by atoms with Gasteiger partial charge in [-0.25, -0.2) is 9.19 Å². The normalized spacial score (nSPS) is 23.2. The number of oxazole rings is 1. The molecule has 2 atom stereocenters. The molecule has 108 valence electrons. The molecule has 0 amide bonds. The Morgan fingerprint density at radius 3 is 3.00 bits per heavy atom. The van der Waals surface area contributed by atoms with Crippen molar-refractivity contribution in [3.63, 3.8) is 0 Å². The molecule has 20 heavy (non-hydrogen) atoms. The van der Waals surface area contributed by atoms with Crippen LogP contribution in [0.25, 0.3) is 11.1 Å². The third kappa shape index (κ3) is 2.71. The summed E-state index contributed by atoms with van der Waals surface area (Å²) in [5, 5.41) is 0.249. The molecule has 6 heteroatoms. The molecule has 1 fully saturated rings. The predicted molar refractivity (Wildman–Crippen MR) is 77.9 cm³/mol. The summed E-state index contributed by atoms with van der Waals surface area (Å²) in [5.74, 6) is 0.422. The maximum Gasteiger partial charge on any atom is 0.288 e. The third-order valence-electron chi connectivity index (χ3n) is 3.48. The summed E-state index contributed by atoms with van der Waals surface area (Å²) in [4.78, 5) is 4.25. The lowest BCUT2D eigenvalue weighted by Crippen LogP contribution is -2.23. The van der Waals surface area contributed by atoms with E-state index in [0.717, 1.165) is 12.8 Å². The molecule has 1 aromatic heterocycles. The Kier molecular flexibility index (Phi) is 3.30. The zero-order valence-electron chi connectivity index (χ0n) is 11.6. The van der Waals surface area contributed by atoms with Crippen LogP contribution in [0.2, 0.25) is 0 Å². The highest BCUT2D eigenvalue weighted by molar-refractivity contribution is 7.84. The fourth-order valence-electron chi connectivity index (χ4n) is 2.45.